The van der Waals surface area contributed by atoms with Crippen LogP contribution in [0.5, 0.6) is 5.75 Å². The Morgan fingerprint density at radius 2 is 2.04 bits per heavy atom. The van der Waals surface area contributed by atoms with Crippen LogP contribution < -0.4 is 10.1 Å². The van der Waals surface area contributed by atoms with E-state index in [1.165, 1.54) is 5.56 Å². The molecule has 27 heavy (non-hydrogen) atoms. The van der Waals surface area contributed by atoms with Crippen LogP contribution in [0.3, 0.4) is 0 Å². The molecule has 0 radical (unpaired) electrons. The molecule has 1 N–H and O–H groups in total. The second kappa shape index (κ2) is 6.91. The number of hydrogen-bond donors (Lipinski definition) is 1. The van der Waals surface area contributed by atoms with Crippen molar-refractivity contribution in [3.05, 3.63) is 88.0 Å². The van der Waals surface area contributed by atoms with Crippen LogP contribution in [-0.4, -0.2) is 11.5 Å². The van der Waals surface area contributed by atoms with E-state index < -0.39 is 0 Å². The fraction of sp³-hybridized carbons (Fsp3) is 0.273. The smallest absolute Gasteiger partial charge is 0.274 e. The summed E-state index contributed by atoms with van der Waals surface area (Å²) in [7, 11) is 0. The van der Waals surface area contributed by atoms with Crippen LogP contribution in [-0.2, 0) is 0 Å². The van der Waals surface area contributed by atoms with Crippen molar-refractivity contribution < 1.29 is 9.66 Å². The van der Waals surface area contributed by atoms with Crippen molar-refractivity contribution in [3.8, 4) is 5.75 Å². The molecular weight excluding hydrogens is 340 g/mol. The van der Waals surface area contributed by atoms with Gasteiger partial charge in [0.2, 0.25) is 0 Å². The molecule has 1 heterocycles. The van der Waals surface area contributed by atoms with Gasteiger partial charge in [0.25, 0.3) is 5.69 Å². The lowest BCUT2D eigenvalue weighted by Gasteiger charge is -2.38. The van der Waals surface area contributed by atoms with Crippen LogP contribution in [0.25, 0.3) is 0 Å². The minimum atomic E-state index is -0.298. The number of fused-ring (bicyclic) bond motifs is 3. The molecule has 138 valence electrons. The molecule has 5 nitrogen and oxygen atoms in total. The zero-order valence-electron chi connectivity index (χ0n) is 15.2. The van der Waals surface area contributed by atoms with E-state index in [4.69, 9.17) is 4.74 Å². The van der Waals surface area contributed by atoms with Crippen LogP contribution in [0.2, 0.25) is 0 Å². The minimum Gasteiger partial charge on any atom is -0.487 e. The number of benzene rings is 2. The first-order valence-corrected chi connectivity index (χ1v) is 9.13. The SMILES string of the molecule is C=C(C)COc1cccc2c1NC(c1ccccc1[N+](=O)[O-])C1CC=CC21. The lowest BCUT2D eigenvalue weighted by molar-refractivity contribution is -0.385. The van der Waals surface area contributed by atoms with Gasteiger partial charge in [-0.15, -0.1) is 0 Å². The Morgan fingerprint density at radius 1 is 1.26 bits per heavy atom. The first kappa shape index (κ1) is 17.3. The third-order valence-corrected chi connectivity index (χ3v) is 5.30. The molecule has 0 saturated heterocycles. The number of ether oxygens (including phenoxy) is 1. The van der Waals surface area contributed by atoms with E-state index in [1.807, 2.05) is 31.2 Å². The lowest BCUT2D eigenvalue weighted by Crippen LogP contribution is -2.30. The molecule has 4 rings (SSSR count). The topological polar surface area (TPSA) is 64.4 Å². The van der Waals surface area contributed by atoms with E-state index in [2.05, 4.69) is 30.1 Å². The van der Waals surface area contributed by atoms with Gasteiger partial charge >= 0.3 is 0 Å². The van der Waals surface area contributed by atoms with Gasteiger partial charge in [0.05, 0.1) is 22.2 Å². The third-order valence-electron chi connectivity index (χ3n) is 5.30. The summed E-state index contributed by atoms with van der Waals surface area (Å²) in [6, 6.07) is 12.9. The van der Waals surface area contributed by atoms with Gasteiger partial charge in [0, 0.05) is 12.0 Å². The van der Waals surface area contributed by atoms with Gasteiger partial charge in [0.15, 0.2) is 0 Å². The summed E-state index contributed by atoms with van der Waals surface area (Å²) >= 11 is 0. The first-order chi connectivity index (χ1) is 13.1. The van der Waals surface area contributed by atoms with Gasteiger partial charge in [-0.2, -0.15) is 0 Å². The van der Waals surface area contributed by atoms with E-state index >= 15 is 0 Å². The second-order valence-electron chi connectivity index (χ2n) is 7.26. The molecule has 0 amide bonds. The molecule has 3 unspecified atom stereocenters. The molecular formula is C22H22N2O3. The lowest BCUT2D eigenvalue weighted by atomic mass is 9.76. The third kappa shape index (κ3) is 3.10. The van der Waals surface area contributed by atoms with E-state index in [-0.39, 0.29) is 28.5 Å². The number of rotatable bonds is 5. The standard InChI is InChI=1S/C22H22N2O3/c1-14(2)13-27-20-12-6-10-17-15-8-5-9-16(15)21(23-22(17)20)18-7-3-4-11-19(18)24(25)26/h3-8,10-12,15-16,21,23H,1,9,13H2,2H3. The summed E-state index contributed by atoms with van der Waals surface area (Å²) in [5, 5.41) is 15.1. The highest BCUT2D eigenvalue weighted by atomic mass is 16.6. The Hall–Kier alpha value is -3.08. The molecule has 0 spiro atoms. The molecule has 5 heteroatoms. The molecule has 0 aromatic heterocycles. The maximum atomic E-state index is 11.6. The predicted molar refractivity (Wildman–Crippen MR) is 106 cm³/mol. The average molecular weight is 362 g/mol. The number of hydrogen-bond acceptors (Lipinski definition) is 4. The number of nitro benzene ring substituents is 1. The maximum absolute atomic E-state index is 11.6. The summed E-state index contributed by atoms with van der Waals surface area (Å²) in [4.78, 5) is 11.3. The maximum Gasteiger partial charge on any atom is 0.274 e. The van der Waals surface area contributed by atoms with E-state index in [0.29, 0.717) is 6.61 Å². The van der Waals surface area contributed by atoms with Crippen molar-refractivity contribution in [3.63, 3.8) is 0 Å². The Kier molecular flexibility index (Phi) is 4.44. The molecule has 1 aliphatic carbocycles. The molecule has 0 fully saturated rings. The van der Waals surface area contributed by atoms with Crippen LogP contribution in [0.15, 0.2) is 66.8 Å². The second-order valence-corrected chi connectivity index (χ2v) is 7.26. The molecule has 0 saturated carbocycles. The normalized spacial score (nSPS) is 22.5. The number of nitrogens with one attached hydrogen (secondary N) is 1. The van der Waals surface area contributed by atoms with E-state index in [9.17, 15) is 10.1 Å². The number of allylic oxidation sites excluding steroid dienone is 2. The fourth-order valence-electron chi connectivity index (χ4n) is 4.14. The van der Waals surface area contributed by atoms with Crippen LogP contribution >= 0.6 is 0 Å². The van der Waals surface area contributed by atoms with Crippen LogP contribution in [0.1, 0.15) is 36.4 Å². The summed E-state index contributed by atoms with van der Waals surface area (Å²) in [5.41, 5.74) is 3.93. The zero-order chi connectivity index (χ0) is 19.0. The fourth-order valence-corrected chi connectivity index (χ4v) is 4.14. The zero-order valence-corrected chi connectivity index (χ0v) is 15.2. The van der Waals surface area contributed by atoms with E-state index in [1.54, 1.807) is 12.1 Å². The summed E-state index contributed by atoms with van der Waals surface area (Å²) in [6.45, 7) is 6.27. The summed E-state index contributed by atoms with van der Waals surface area (Å²) in [6.07, 6.45) is 5.29. The summed E-state index contributed by atoms with van der Waals surface area (Å²) < 4.78 is 5.96. The first-order valence-electron chi connectivity index (χ1n) is 9.13. The van der Waals surface area contributed by atoms with Gasteiger partial charge in [-0.25, -0.2) is 0 Å². The van der Waals surface area contributed by atoms with Crippen molar-refractivity contribution in [2.24, 2.45) is 5.92 Å². The van der Waals surface area contributed by atoms with Crippen LogP contribution in [0, 0.1) is 16.0 Å². The molecule has 1 aliphatic heterocycles. The average Bonchev–Trinajstić information content (AvgIpc) is 3.15. The predicted octanol–water partition coefficient (Wildman–Crippen LogP) is 5.38. The number of para-hydroxylation sites is 2. The van der Waals surface area contributed by atoms with E-state index in [0.717, 1.165) is 29.0 Å². The van der Waals surface area contributed by atoms with Crippen molar-refractivity contribution in [2.45, 2.75) is 25.3 Å². The number of nitrogens with zero attached hydrogens (tertiary/aromatic N) is 1. The Bertz CT molecular complexity index is 935. The Balaban J connectivity index is 1.79. The number of anilines is 1. The highest BCUT2D eigenvalue weighted by molar-refractivity contribution is 5.68. The number of nitro groups is 1. The van der Waals surface area contributed by atoms with Gasteiger partial charge in [0.1, 0.15) is 12.4 Å². The van der Waals surface area contributed by atoms with Gasteiger partial charge in [-0.1, -0.05) is 49.1 Å². The monoisotopic (exact) mass is 362 g/mol. The highest BCUT2D eigenvalue weighted by Crippen LogP contribution is 2.53. The van der Waals surface area contributed by atoms with Crippen molar-refractivity contribution in [1.82, 2.24) is 0 Å². The van der Waals surface area contributed by atoms with Gasteiger partial charge in [-0.05, 0) is 36.5 Å². The largest absolute Gasteiger partial charge is 0.487 e. The van der Waals surface area contributed by atoms with Crippen LogP contribution in [0.4, 0.5) is 11.4 Å². The van der Waals surface area contributed by atoms with Gasteiger partial charge < -0.3 is 10.1 Å². The highest BCUT2D eigenvalue weighted by Gasteiger charge is 2.41. The molecule has 2 aliphatic rings. The van der Waals surface area contributed by atoms with Crippen molar-refractivity contribution in [1.29, 1.82) is 0 Å². The van der Waals surface area contributed by atoms with Crippen molar-refractivity contribution in [2.75, 3.05) is 11.9 Å². The quantitative estimate of drug-likeness (QED) is 0.441. The molecule has 3 atom stereocenters. The van der Waals surface area contributed by atoms with Gasteiger partial charge in [-0.3, -0.25) is 10.1 Å². The Labute approximate surface area is 158 Å². The minimum absolute atomic E-state index is 0.145. The summed E-state index contributed by atoms with van der Waals surface area (Å²) in [5.74, 6) is 1.23. The molecule has 2 aromatic rings. The molecule has 2 aromatic carbocycles. The molecule has 0 bridgehead atoms. The van der Waals surface area contributed by atoms with Crippen molar-refractivity contribution >= 4 is 11.4 Å². The Morgan fingerprint density at radius 3 is 2.81 bits per heavy atom.